The lowest BCUT2D eigenvalue weighted by Gasteiger charge is -2.46. The van der Waals surface area contributed by atoms with Crippen LogP contribution in [0.2, 0.25) is 0 Å². The maximum Gasteiger partial charge on any atom is 0.0594 e. The van der Waals surface area contributed by atoms with Gasteiger partial charge in [-0.05, 0) is 26.7 Å². The molecule has 0 N–H and O–H groups in total. The molecule has 3 heteroatoms. The molecule has 0 bridgehead atoms. The molecule has 0 atom stereocenters. The second kappa shape index (κ2) is 5.48. The number of rotatable bonds is 5. The Morgan fingerprint density at radius 3 is 2.44 bits per heavy atom. The molecule has 0 spiro atoms. The Balaban J connectivity index is 1.78. The molecule has 94 valence electrons. The van der Waals surface area contributed by atoms with E-state index in [2.05, 4.69) is 18.7 Å². The number of nitrogens with zero attached hydrogens (tertiary/aromatic N) is 1. The van der Waals surface area contributed by atoms with E-state index in [1.165, 1.54) is 25.8 Å². The van der Waals surface area contributed by atoms with Crippen molar-refractivity contribution >= 4 is 0 Å². The molecule has 16 heavy (non-hydrogen) atoms. The summed E-state index contributed by atoms with van der Waals surface area (Å²) in [5, 5.41) is 0. The molecule has 0 radical (unpaired) electrons. The largest absolute Gasteiger partial charge is 0.379 e. The summed E-state index contributed by atoms with van der Waals surface area (Å²) < 4.78 is 11.2. The third-order valence-electron chi connectivity index (χ3n) is 3.80. The molecule has 0 aromatic rings. The normalized spacial score (nSPS) is 25.7. The molecule has 3 nitrogen and oxygen atoms in total. The predicted octanol–water partition coefficient (Wildman–Crippen LogP) is 1.91. The molecule has 1 saturated carbocycles. The van der Waals surface area contributed by atoms with Crippen molar-refractivity contribution in [2.24, 2.45) is 5.41 Å². The van der Waals surface area contributed by atoms with Crippen molar-refractivity contribution in [3.8, 4) is 0 Å². The molecular weight excluding hydrogens is 202 g/mol. The molecule has 2 aliphatic rings. The van der Waals surface area contributed by atoms with Crippen LogP contribution in [-0.2, 0) is 9.47 Å². The maximum absolute atomic E-state index is 5.83. The van der Waals surface area contributed by atoms with Crippen molar-refractivity contribution in [2.45, 2.75) is 39.2 Å². The van der Waals surface area contributed by atoms with Gasteiger partial charge in [-0.1, -0.05) is 6.42 Å². The van der Waals surface area contributed by atoms with Crippen molar-refractivity contribution in [2.75, 3.05) is 39.5 Å². The van der Waals surface area contributed by atoms with Gasteiger partial charge < -0.3 is 9.47 Å². The first-order chi connectivity index (χ1) is 7.70. The van der Waals surface area contributed by atoms with Crippen molar-refractivity contribution in [1.82, 2.24) is 4.90 Å². The standard InChI is InChI=1S/C13H25NO2/c1-12(2)16-11-13(4-3-5-13)10-14-6-8-15-9-7-14/h12H,3-11H2,1-2H3. The first-order valence-corrected chi connectivity index (χ1v) is 6.62. The number of hydrogen-bond acceptors (Lipinski definition) is 3. The molecule has 0 aromatic carbocycles. The van der Waals surface area contributed by atoms with E-state index < -0.39 is 0 Å². The smallest absolute Gasteiger partial charge is 0.0594 e. The van der Waals surface area contributed by atoms with Gasteiger partial charge in [-0.15, -0.1) is 0 Å². The summed E-state index contributed by atoms with van der Waals surface area (Å²) >= 11 is 0. The third kappa shape index (κ3) is 3.19. The zero-order valence-electron chi connectivity index (χ0n) is 10.7. The van der Waals surface area contributed by atoms with Crippen LogP contribution in [0.15, 0.2) is 0 Å². The van der Waals surface area contributed by atoms with Crippen LogP contribution in [-0.4, -0.2) is 50.5 Å². The lowest BCUT2D eigenvalue weighted by molar-refractivity contribution is -0.0649. The van der Waals surface area contributed by atoms with Crippen molar-refractivity contribution in [1.29, 1.82) is 0 Å². The summed E-state index contributed by atoms with van der Waals surface area (Å²) in [5.74, 6) is 0. The summed E-state index contributed by atoms with van der Waals surface area (Å²) in [7, 11) is 0. The summed E-state index contributed by atoms with van der Waals surface area (Å²) in [6.07, 6.45) is 4.43. The van der Waals surface area contributed by atoms with Gasteiger partial charge in [0.05, 0.1) is 25.9 Å². The van der Waals surface area contributed by atoms with E-state index in [9.17, 15) is 0 Å². The van der Waals surface area contributed by atoms with Crippen LogP contribution in [0.25, 0.3) is 0 Å². The minimum atomic E-state index is 0.363. The number of ether oxygens (including phenoxy) is 2. The Hall–Kier alpha value is -0.120. The van der Waals surface area contributed by atoms with Crippen LogP contribution in [0, 0.1) is 5.41 Å². The lowest BCUT2D eigenvalue weighted by atomic mass is 9.69. The molecule has 0 aromatic heterocycles. The van der Waals surface area contributed by atoms with Gasteiger partial charge in [0.15, 0.2) is 0 Å². The highest BCUT2D eigenvalue weighted by Gasteiger charge is 2.39. The van der Waals surface area contributed by atoms with Crippen LogP contribution in [0.5, 0.6) is 0 Å². The van der Waals surface area contributed by atoms with Gasteiger partial charge in [-0.3, -0.25) is 4.90 Å². The van der Waals surface area contributed by atoms with Crippen LogP contribution >= 0.6 is 0 Å². The van der Waals surface area contributed by atoms with Crippen LogP contribution in [0.4, 0.5) is 0 Å². The molecule has 1 aliphatic carbocycles. The fraction of sp³-hybridized carbons (Fsp3) is 1.00. The van der Waals surface area contributed by atoms with E-state index >= 15 is 0 Å². The number of morpholine rings is 1. The lowest BCUT2D eigenvalue weighted by Crippen LogP contribution is -2.49. The van der Waals surface area contributed by atoms with E-state index in [1.807, 2.05) is 0 Å². The zero-order valence-corrected chi connectivity index (χ0v) is 10.7. The van der Waals surface area contributed by atoms with E-state index in [-0.39, 0.29) is 0 Å². The zero-order chi connectivity index (χ0) is 11.4. The van der Waals surface area contributed by atoms with Gasteiger partial charge in [-0.2, -0.15) is 0 Å². The first-order valence-electron chi connectivity index (χ1n) is 6.62. The Labute approximate surface area is 99.1 Å². The first kappa shape index (κ1) is 12.3. The molecule has 1 heterocycles. The molecule has 0 amide bonds. The van der Waals surface area contributed by atoms with Gasteiger partial charge in [-0.25, -0.2) is 0 Å². The Morgan fingerprint density at radius 1 is 1.25 bits per heavy atom. The maximum atomic E-state index is 5.83. The Kier molecular flexibility index (Phi) is 4.22. The Morgan fingerprint density at radius 2 is 1.94 bits per heavy atom. The fourth-order valence-corrected chi connectivity index (χ4v) is 2.60. The van der Waals surface area contributed by atoms with Crippen molar-refractivity contribution in [3.63, 3.8) is 0 Å². The quantitative estimate of drug-likeness (QED) is 0.716. The molecule has 1 aliphatic heterocycles. The second-order valence-corrected chi connectivity index (χ2v) is 5.60. The Bertz CT molecular complexity index is 208. The van der Waals surface area contributed by atoms with Crippen LogP contribution in [0.1, 0.15) is 33.1 Å². The second-order valence-electron chi connectivity index (χ2n) is 5.60. The SMILES string of the molecule is CC(C)OCC1(CN2CCOCC2)CCC1. The predicted molar refractivity (Wildman–Crippen MR) is 64.6 cm³/mol. The molecule has 1 saturated heterocycles. The summed E-state index contributed by atoms with van der Waals surface area (Å²) in [4.78, 5) is 2.55. The van der Waals surface area contributed by atoms with E-state index in [1.54, 1.807) is 0 Å². The highest BCUT2D eigenvalue weighted by atomic mass is 16.5. The fourth-order valence-electron chi connectivity index (χ4n) is 2.60. The molecule has 2 rings (SSSR count). The van der Waals surface area contributed by atoms with Gasteiger partial charge in [0.1, 0.15) is 0 Å². The van der Waals surface area contributed by atoms with Gasteiger partial charge >= 0.3 is 0 Å². The van der Waals surface area contributed by atoms with Crippen molar-refractivity contribution in [3.05, 3.63) is 0 Å². The average molecular weight is 227 g/mol. The molecular formula is C13H25NO2. The van der Waals surface area contributed by atoms with Crippen LogP contribution < -0.4 is 0 Å². The molecule has 0 unspecified atom stereocenters. The highest BCUT2D eigenvalue weighted by Crippen LogP contribution is 2.42. The van der Waals surface area contributed by atoms with Gasteiger partial charge in [0.2, 0.25) is 0 Å². The minimum Gasteiger partial charge on any atom is -0.379 e. The third-order valence-corrected chi connectivity index (χ3v) is 3.80. The topological polar surface area (TPSA) is 21.7 Å². The minimum absolute atomic E-state index is 0.363. The van der Waals surface area contributed by atoms with Crippen molar-refractivity contribution < 1.29 is 9.47 Å². The summed E-state index contributed by atoms with van der Waals surface area (Å²) in [6, 6.07) is 0. The monoisotopic (exact) mass is 227 g/mol. The summed E-state index contributed by atoms with van der Waals surface area (Å²) in [6.45, 7) is 10.4. The number of hydrogen-bond donors (Lipinski definition) is 0. The average Bonchev–Trinajstić information content (AvgIpc) is 2.23. The van der Waals surface area contributed by atoms with E-state index in [4.69, 9.17) is 9.47 Å². The van der Waals surface area contributed by atoms with E-state index in [0.29, 0.717) is 11.5 Å². The van der Waals surface area contributed by atoms with Gasteiger partial charge in [0.25, 0.3) is 0 Å². The van der Waals surface area contributed by atoms with E-state index in [0.717, 1.165) is 32.9 Å². The van der Waals surface area contributed by atoms with Crippen LogP contribution in [0.3, 0.4) is 0 Å². The summed E-state index contributed by atoms with van der Waals surface area (Å²) in [5.41, 5.74) is 0.460. The molecule has 2 fully saturated rings. The van der Waals surface area contributed by atoms with Gasteiger partial charge in [0, 0.05) is 25.0 Å². The highest BCUT2D eigenvalue weighted by molar-refractivity contribution is 4.91.